The number of aromatic nitrogens is 5. The third-order valence-electron chi connectivity index (χ3n) is 11.1. The van der Waals surface area contributed by atoms with Gasteiger partial charge in [-0.25, -0.2) is 15.0 Å². The van der Waals surface area contributed by atoms with Gasteiger partial charge in [-0.1, -0.05) is 140 Å². The van der Waals surface area contributed by atoms with E-state index in [2.05, 4.69) is 124 Å². The lowest BCUT2D eigenvalue weighted by molar-refractivity contribution is 0.669. The first-order valence-electron chi connectivity index (χ1n) is 19.1. The number of rotatable bonds is 5. The van der Waals surface area contributed by atoms with Crippen LogP contribution in [-0.2, 0) is 0 Å². The van der Waals surface area contributed by atoms with E-state index in [0.29, 0.717) is 17.5 Å². The number of hydrogen-bond donors (Lipinski definition) is 0. The third kappa shape index (κ3) is 4.87. The molecular formula is C51H31N5O. The number of benzene rings is 8. The topological polar surface area (TPSA) is 61.7 Å². The van der Waals surface area contributed by atoms with Crippen LogP contribution in [0.1, 0.15) is 0 Å². The van der Waals surface area contributed by atoms with Gasteiger partial charge in [0, 0.05) is 60.4 Å². The van der Waals surface area contributed by atoms with Crippen LogP contribution in [0.4, 0.5) is 0 Å². The lowest BCUT2D eigenvalue weighted by Gasteiger charge is -2.14. The van der Waals surface area contributed by atoms with Crippen molar-refractivity contribution in [2.24, 2.45) is 0 Å². The second-order valence-corrected chi connectivity index (χ2v) is 14.4. The average molecular weight is 730 g/mol. The molecule has 0 aliphatic carbocycles. The van der Waals surface area contributed by atoms with Crippen LogP contribution in [-0.4, -0.2) is 24.1 Å². The number of furan rings is 1. The van der Waals surface area contributed by atoms with Crippen LogP contribution in [0.25, 0.3) is 111 Å². The van der Waals surface area contributed by atoms with Gasteiger partial charge in [-0.15, -0.1) is 0 Å². The van der Waals surface area contributed by atoms with Crippen LogP contribution in [0.5, 0.6) is 0 Å². The molecule has 0 N–H and O–H groups in total. The van der Waals surface area contributed by atoms with Crippen LogP contribution in [0.3, 0.4) is 0 Å². The summed E-state index contributed by atoms with van der Waals surface area (Å²) in [6.07, 6.45) is 0. The lowest BCUT2D eigenvalue weighted by Crippen LogP contribution is -2.01. The Morgan fingerprint density at radius 1 is 0.316 bits per heavy atom. The SMILES string of the molecule is c1ccc(-c2nc(-c3ccccc3)nc(-c3cccc(-n4c5cc6c(cc5c5ccc7c8ccccc8n(-c8ccccc8)c7c54)oc4ccccc46)c3)n2)cc1. The highest BCUT2D eigenvalue weighted by Gasteiger charge is 2.23. The molecule has 0 unspecified atom stereocenters. The maximum absolute atomic E-state index is 6.49. The summed E-state index contributed by atoms with van der Waals surface area (Å²) in [6.45, 7) is 0. The van der Waals surface area contributed by atoms with Crippen molar-refractivity contribution in [3.05, 3.63) is 188 Å². The summed E-state index contributed by atoms with van der Waals surface area (Å²) >= 11 is 0. The molecule has 12 rings (SSSR count). The lowest BCUT2D eigenvalue weighted by atomic mass is 10.1. The fraction of sp³-hybridized carbons (Fsp3) is 0. The normalized spacial score (nSPS) is 11.9. The second kappa shape index (κ2) is 12.3. The highest BCUT2D eigenvalue weighted by Crippen LogP contribution is 2.44. The zero-order chi connectivity index (χ0) is 37.5. The van der Waals surface area contributed by atoms with Gasteiger partial charge in [-0.05, 0) is 48.5 Å². The Morgan fingerprint density at radius 2 is 0.842 bits per heavy atom. The van der Waals surface area contributed by atoms with E-state index < -0.39 is 0 Å². The first-order valence-corrected chi connectivity index (χ1v) is 19.1. The standard InChI is InChI=1S/C51H31N5O/c1-4-15-32(16-5-1)49-52-50(33-17-6-2-7-18-33)54-51(53-49)34-19-14-22-36(29-34)56-44-30-42-38-24-11-13-26-45(38)57-46(42)31-41(44)40-28-27-39-37-23-10-12-25-43(37)55(47(39)48(40)56)35-20-8-3-9-21-35/h1-31H. The van der Waals surface area contributed by atoms with Crippen molar-refractivity contribution in [2.45, 2.75) is 0 Å². The Labute approximate surface area is 326 Å². The Balaban J connectivity index is 1.19. The van der Waals surface area contributed by atoms with Gasteiger partial charge in [0.25, 0.3) is 0 Å². The van der Waals surface area contributed by atoms with E-state index in [1.54, 1.807) is 0 Å². The summed E-state index contributed by atoms with van der Waals surface area (Å²) in [5.74, 6) is 1.87. The van der Waals surface area contributed by atoms with E-state index in [1.807, 2.05) is 72.8 Å². The number of para-hydroxylation sites is 3. The van der Waals surface area contributed by atoms with Crippen LogP contribution < -0.4 is 0 Å². The van der Waals surface area contributed by atoms with Crippen molar-refractivity contribution in [1.29, 1.82) is 0 Å². The number of fused-ring (bicyclic) bond motifs is 10. The van der Waals surface area contributed by atoms with Crippen molar-refractivity contribution in [2.75, 3.05) is 0 Å². The van der Waals surface area contributed by atoms with E-state index >= 15 is 0 Å². The van der Waals surface area contributed by atoms with E-state index in [0.717, 1.165) is 82.8 Å². The highest BCUT2D eigenvalue weighted by atomic mass is 16.3. The van der Waals surface area contributed by atoms with Crippen molar-refractivity contribution < 1.29 is 4.42 Å². The van der Waals surface area contributed by atoms with E-state index in [9.17, 15) is 0 Å². The van der Waals surface area contributed by atoms with Gasteiger partial charge in [-0.2, -0.15) is 0 Å². The maximum atomic E-state index is 6.49. The van der Waals surface area contributed by atoms with Crippen LogP contribution in [0, 0.1) is 0 Å². The van der Waals surface area contributed by atoms with Gasteiger partial charge in [0.1, 0.15) is 11.2 Å². The first kappa shape index (κ1) is 31.5. The quantitative estimate of drug-likeness (QED) is 0.177. The summed E-state index contributed by atoms with van der Waals surface area (Å²) in [4.78, 5) is 15.2. The summed E-state index contributed by atoms with van der Waals surface area (Å²) in [5.41, 5.74) is 11.1. The molecule has 6 nitrogen and oxygen atoms in total. The molecule has 4 heterocycles. The van der Waals surface area contributed by atoms with E-state index in [1.165, 1.54) is 10.8 Å². The van der Waals surface area contributed by atoms with Crippen LogP contribution in [0.15, 0.2) is 192 Å². The molecule has 0 bridgehead atoms. The molecule has 266 valence electrons. The summed E-state index contributed by atoms with van der Waals surface area (Å²) in [6, 6.07) is 65.6. The molecule has 8 aromatic carbocycles. The molecule has 12 aromatic rings. The van der Waals surface area contributed by atoms with Crippen LogP contribution in [0.2, 0.25) is 0 Å². The summed E-state index contributed by atoms with van der Waals surface area (Å²) in [5, 5.41) is 6.82. The van der Waals surface area contributed by atoms with Crippen LogP contribution >= 0.6 is 0 Å². The Bertz CT molecular complexity index is 3450. The average Bonchev–Trinajstić information content (AvgIpc) is 3.93. The maximum Gasteiger partial charge on any atom is 0.164 e. The number of hydrogen-bond acceptors (Lipinski definition) is 4. The number of nitrogens with zero attached hydrogens (tertiary/aromatic N) is 5. The van der Waals surface area contributed by atoms with Gasteiger partial charge >= 0.3 is 0 Å². The molecule has 57 heavy (non-hydrogen) atoms. The molecule has 6 heteroatoms. The minimum absolute atomic E-state index is 0.608. The van der Waals surface area contributed by atoms with Gasteiger partial charge in [0.15, 0.2) is 17.5 Å². The molecular weight excluding hydrogens is 699 g/mol. The second-order valence-electron chi connectivity index (χ2n) is 14.4. The predicted octanol–water partition coefficient (Wildman–Crippen LogP) is 13.0. The predicted molar refractivity (Wildman–Crippen MR) is 232 cm³/mol. The fourth-order valence-electron chi connectivity index (χ4n) is 8.60. The fourth-order valence-corrected chi connectivity index (χ4v) is 8.60. The molecule has 0 atom stereocenters. The monoisotopic (exact) mass is 729 g/mol. The molecule has 0 aliphatic rings. The first-order chi connectivity index (χ1) is 28.3. The van der Waals surface area contributed by atoms with Gasteiger partial charge in [-0.3, -0.25) is 0 Å². The molecule has 4 aromatic heterocycles. The largest absolute Gasteiger partial charge is 0.456 e. The van der Waals surface area contributed by atoms with Gasteiger partial charge in [0.2, 0.25) is 0 Å². The Kier molecular flexibility index (Phi) is 6.83. The Hall–Kier alpha value is -7.83. The highest BCUT2D eigenvalue weighted by molar-refractivity contribution is 6.25. The van der Waals surface area contributed by atoms with Gasteiger partial charge < -0.3 is 13.6 Å². The smallest absolute Gasteiger partial charge is 0.164 e. The molecule has 0 fully saturated rings. The Morgan fingerprint density at radius 3 is 1.54 bits per heavy atom. The summed E-state index contributed by atoms with van der Waals surface area (Å²) < 4.78 is 11.3. The molecule has 0 aliphatic heterocycles. The molecule has 0 saturated carbocycles. The summed E-state index contributed by atoms with van der Waals surface area (Å²) in [7, 11) is 0. The zero-order valence-corrected chi connectivity index (χ0v) is 30.5. The third-order valence-corrected chi connectivity index (χ3v) is 11.1. The molecule has 0 radical (unpaired) electrons. The van der Waals surface area contributed by atoms with E-state index in [-0.39, 0.29) is 0 Å². The minimum Gasteiger partial charge on any atom is -0.456 e. The minimum atomic E-state index is 0.608. The molecule has 0 saturated heterocycles. The van der Waals surface area contributed by atoms with E-state index in [4.69, 9.17) is 19.4 Å². The van der Waals surface area contributed by atoms with Crippen molar-refractivity contribution >= 4 is 65.6 Å². The van der Waals surface area contributed by atoms with Crippen molar-refractivity contribution in [1.82, 2.24) is 24.1 Å². The molecule has 0 amide bonds. The zero-order valence-electron chi connectivity index (χ0n) is 30.5. The van der Waals surface area contributed by atoms with Crippen molar-refractivity contribution in [3.63, 3.8) is 0 Å². The van der Waals surface area contributed by atoms with Crippen molar-refractivity contribution in [3.8, 4) is 45.5 Å². The van der Waals surface area contributed by atoms with Gasteiger partial charge in [0.05, 0.1) is 22.1 Å². The molecule has 0 spiro atoms.